The van der Waals surface area contributed by atoms with Gasteiger partial charge >= 0.3 is 0 Å². The molecule has 1 aliphatic carbocycles. The van der Waals surface area contributed by atoms with Crippen LogP contribution in [-0.2, 0) is 0 Å². The molecule has 2 aliphatic rings. The summed E-state index contributed by atoms with van der Waals surface area (Å²) < 4.78 is 14.1. The van der Waals surface area contributed by atoms with Crippen molar-refractivity contribution >= 4 is 17.5 Å². The zero-order valence-corrected chi connectivity index (χ0v) is 13.3. The van der Waals surface area contributed by atoms with Gasteiger partial charge in [-0.15, -0.1) is 0 Å². The van der Waals surface area contributed by atoms with Crippen molar-refractivity contribution in [2.24, 2.45) is 11.3 Å². The van der Waals surface area contributed by atoms with E-state index in [4.69, 9.17) is 11.6 Å². The average Bonchev–Trinajstić information content (AvgIpc) is 3.33. The van der Waals surface area contributed by atoms with E-state index in [-0.39, 0.29) is 28.5 Å². The minimum Gasteiger partial charge on any atom is -0.396 e. The fraction of sp³-hybridized carbons (Fsp3) is 0.588. The summed E-state index contributed by atoms with van der Waals surface area (Å²) in [6, 6.07) is 4.50. The summed E-state index contributed by atoms with van der Waals surface area (Å²) in [4.78, 5) is 14.3. The molecule has 1 aromatic carbocycles. The van der Waals surface area contributed by atoms with Gasteiger partial charge < -0.3 is 10.0 Å². The second-order valence-corrected chi connectivity index (χ2v) is 7.14. The first-order chi connectivity index (χ1) is 10.5. The van der Waals surface area contributed by atoms with E-state index in [9.17, 15) is 14.3 Å². The van der Waals surface area contributed by atoms with Crippen LogP contribution in [0.3, 0.4) is 0 Å². The van der Waals surface area contributed by atoms with Crippen LogP contribution in [-0.4, -0.2) is 35.6 Å². The predicted molar refractivity (Wildman–Crippen MR) is 83.4 cm³/mol. The summed E-state index contributed by atoms with van der Waals surface area (Å²) in [7, 11) is 0. The highest BCUT2D eigenvalue weighted by molar-refractivity contribution is 6.31. The first-order valence-electron chi connectivity index (χ1n) is 7.89. The van der Waals surface area contributed by atoms with Gasteiger partial charge in [0.15, 0.2) is 5.82 Å². The van der Waals surface area contributed by atoms with Crippen molar-refractivity contribution in [2.45, 2.75) is 32.1 Å². The fourth-order valence-corrected chi connectivity index (χ4v) is 3.69. The molecule has 2 fully saturated rings. The van der Waals surface area contributed by atoms with E-state index < -0.39 is 5.82 Å². The number of rotatable bonds is 4. The van der Waals surface area contributed by atoms with Crippen molar-refractivity contribution in [2.75, 3.05) is 19.7 Å². The number of likely N-dealkylation sites (tertiary alicyclic amines) is 1. The molecule has 5 heteroatoms. The topological polar surface area (TPSA) is 40.5 Å². The molecule has 0 bridgehead atoms. The number of benzene rings is 1. The minimum absolute atomic E-state index is 0.0210. The molecule has 1 aromatic rings. The number of aliphatic hydroxyl groups is 1. The highest BCUT2D eigenvalue weighted by atomic mass is 35.5. The Morgan fingerprint density at radius 3 is 2.91 bits per heavy atom. The molecule has 0 radical (unpaired) electrons. The molecule has 1 aliphatic heterocycles. The van der Waals surface area contributed by atoms with Crippen LogP contribution >= 0.6 is 11.6 Å². The number of hydrogen-bond acceptors (Lipinski definition) is 2. The maximum absolute atomic E-state index is 14.1. The Morgan fingerprint density at radius 2 is 2.23 bits per heavy atom. The van der Waals surface area contributed by atoms with Crippen molar-refractivity contribution in [1.29, 1.82) is 0 Å². The zero-order chi connectivity index (χ0) is 15.7. The highest BCUT2D eigenvalue weighted by Crippen LogP contribution is 2.44. The zero-order valence-electron chi connectivity index (χ0n) is 12.5. The molecule has 1 heterocycles. The predicted octanol–water partition coefficient (Wildman–Crippen LogP) is 3.49. The Balaban J connectivity index is 1.78. The molecule has 0 spiro atoms. The van der Waals surface area contributed by atoms with Crippen LogP contribution in [0.1, 0.15) is 42.5 Å². The molecule has 1 unspecified atom stereocenters. The van der Waals surface area contributed by atoms with Crippen LogP contribution in [0, 0.1) is 17.2 Å². The second-order valence-electron chi connectivity index (χ2n) is 6.74. The van der Waals surface area contributed by atoms with Crippen LogP contribution in [0.25, 0.3) is 0 Å². The Labute approximate surface area is 135 Å². The Hall–Kier alpha value is -1.13. The summed E-state index contributed by atoms with van der Waals surface area (Å²) in [6.07, 6.45) is 5.19. The van der Waals surface area contributed by atoms with Gasteiger partial charge in [0.1, 0.15) is 0 Å². The monoisotopic (exact) mass is 325 g/mol. The summed E-state index contributed by atoms with van der Waals surface area (Å²) in [5.74, 6) is -0.296. The number of nitrogens with zero attached hydrogens (tertiary/aromatic N) is 1. The molecule has 3 nitrogen and oxygen atoms in total. The number of piperidine rings is 1. The largest absolute Gasteiger partial charge is 0.396 e. The number of aliphatic hydroxyl groups excluding tert-OH is 1. The Kier molecular flexibility index (Phi) is 4.42. The van der Waals surface area contributed by atoms with E-state index in [0.717, 1.165) is 19.3 Å². The van der Waals surface area contributed by atoms with Crippen LogP contribution in [0.15, 0.2) is 18.2 Å². The number of carbonyl (C=O) groups is 1. The lowest BCUT2D eigenvalue weighted by Crippen LogP contribution is -2.48. The fourth-order valence-electron chi connectivity index (χ4n) is 3.52. The van der Waals surface area contributed by atoms with Gasteiger partial charge in [-0.1, -0.05) is 30.5 Å². The summed E-state index contributed by atoms with van der Waals surface area (Å²) >= 11 is 5.77. The lowest BCUT2D eigenvalue weighted by atomic mass is 9.76. The van der Waals surface area contributed by atoms with Gasteiger partial charge in [-0.3, -0.25) is 4.79 Å². The molecule has 1 saturated heterocycles. The van der Waals surface area contributed by atoms with E-state index in [1.165, 1.54) is 25.0 Å². The molecule has 3 rings (SSSR count). The SMILES string of the molecule is O=C(c1cccc(Cl)c1F)N1CCCC(CO)(CC2CC2)C1. The van der Waals surface area contributed by atoms with Crippen LogP contribution in [0.4, 0.5) is 4.39 Å². The lowest BCUT2D eigenvalue weighted by molar-refractivity contribution is 0.0194. The molecule has 1 atom stereocenters. The van der Waals surface area contributed by atoms with Crippen LogP contribution in [0.5, 0.6) is 0 Å². The van der Waals surface area contributed by atoms with E-state index >= 15 is 0 Å². The van der Waals surface area contributed by atoms with E-state index in [1.807, 2.05) is 0 Å². The number of halogens is 2. The maximum atomic E-state index is 14.1. The number of amides is 1. The number of hydrogen-bond donors (Lipinski definition) is 1. The first kappa shape index (κ1) is 15.8. The second kappa shape index (κ2) is 6.17. The molecule has 1 saturated carbocycles. The van der Waals surface area contributed by atoms with E-state index in [2.05, 4.69) is 0 Å². The van der Waals surface area contributed by atoms with Crippen LogP contribution in [0.2, 0.25) is 5.02 Å². The molecule has 1 amide bonds. The summed E-state index contributed by atoms with van der Waals surface area (Å²) in [5.41, 5.74) is -0.197. The highest BCUT2D eigenvalue weighted by Gasteiger charge is 2.41. The van der Waals surface area contributed by atoms with Gasteiger partial charge in [0.25, 0.3) is 5.91 Å². The normalized spacial score (nSPS) is 25.3. The third-order valence-electron chi connectivity index (χ3n) is 4.88. The standard InChI is InChI=1S/C17H21ClFNO2/c18-14-4-1-3-13(15(14)19)16(22)20-8-2-7-17(10-20,11-21)9-12-5-6-12/h1,3-4,12,21H,2,5-11H2. The van der Waals surface area contributed by atoms with Gasteiger partial charge in [0.05, 0.1) is 17.2 Å². The molecule has 120 valence electrons. The van der Waals surface area contributed by atoms with Gasteiger partial charge in [-0.25, -0.2) is 4.39 Å². The van der Waals surface area contributed by atoms with Crippen molar-refractivity contribution in [3.05, 3.63) is 34.6 Å². The molecule has 0 aromatic heterocycles. The summed E-state index contributed by atoms with van der Waals surface area (Å²) in [5, 5.41) is 9.82. The smallest absolute Gasteiger partial charge is 0.256 e. The maximum Gasteiger partial charge on any atom is 0.256 e. The van der Waals surface area contributed by atoms with Gasteiger partial charge in [-0.2, -0.15) is 0 Å². The van der Waals surface area contributed by atoms with Gasteiger partial charge in [0, 0.05) is 18.5 Å². The molecular weight excluding hydrogens is 305 g/mol. The summed E-state index contributed by atoms with van der Waals surface area (Å²) in [6.45, 7) is 1.20. The third kappa shape index (κ3) is 3.13. The molecule has 22 heavy (non-hydrogen) atoms. The molecular formula is C17H21ClFNO2. The van der Waals surface area contributed by atoms with Gasteiger partial charge in [-0.05, 0) is 37.3 Å². The third-order valence-corrected chi connectivity index (χ3v) is 5.18. The van der Waals surface area contributed by atoms with Gasteiger partial charge in [0.2, 0.25) is 0 Å². The van der Waals surface area contributed by atoms with Crippen molar-refractivity contribution in [1.82, 2.24) is 4.90 Å². The first-order valence-corrected chi connectivity index (χ1v) is 8.27. The minimum atomic E-state index is -0.656. The van der Waals surface area contributed by atoms with E-state index in [0.29, 0.717) is 19.0 Å². The average molecular weight is 326 g/mol. The quantitative estimate of drug-likeness (QED) is 0.920. The van der Waals surface area contributed by atoms with Crippen molar-refractivity contribution in [3.8, 4) is 0 Å². The number of carbonyl (C=O) groups excluding carboxylic acids is 1. The lowest BCUT2D eigenvalue weighted by Gasteiger charge is -2.42. The van der Waals surface area contributed by atoms with Crippen molar-refractivity contribution in [3.63, 3.8) is 0 Å². The van der Waals surface area contributed by atoms with Crippen LogP contribution < -0.4 is 0 Å². The molecule has 1 N–H and O–H groups in total. The Bertz CT molecular complexity index is 576. The van der Waals surface area contributed by atoms with E-state index in [1.54, 1.807) is 11.0 Å². The Morgan fingerprint density at radius 1 is 1.45 bits per heavy atom. The van der Waals surface area contributed by atoms with Crippen molar-refractivity contribution < 1.29 is 14.3 Å².